The number of amides is 1. The molecule has 2 heterocycles. The lowest BCUT2D eigenvalue weighted by Gasteiger charge is -2.34. The van der Waals surface area contributed by atoms with E-state index < -0.39 is 12.8 Å². The topological polar surface area (TPSA) is 85.6 Å². The highest BCUT2D eigenvalue weighted by molar-refractivity contribution is 5.76. The second-order valence-corrected chi connectivity index (χ2v) is 7.98. The second kappa shape index (κ2) is 10.6. The van der Waals surface area contributed by atoms with Crippen LogP contribution in [0.4, 0.5) is 19.1 Å². The van der Waals surface area contributed by atoms with Crippen LogP contribution in [-0.4, -0.2) is 77.1 Å². The zero-order chi connectivity index (χ0) is 24.8. The predicted molar refractivity (Wildman–Crippen MR) is 121 cm³/mol. The summed E-state index contributed by atoms with van der Waals surface area (Å²) in [6.07, 6.45) is -3.73. The number of hydrogen-bond acceptors (Lipinski definition) is 7. The molecular formula is C23H25F3N6O3. The van der Waals surface area contributed by atoms with Crippen molar-refractivity contribution in [2.45, 2.75) is 19.0 Å². The van der Waals surface area contributed by atoms with E-state index in [1.807, 2.05) is 35.2 Å². The van der Waals surface area contributed by atoms with Gasteiger partial charge < -0.3 is 19.3 Å². The first kappa shape index (κ1) is 24.3. The molecule has 186 valence electrons. The molecule has 0 N–H and O–H groups in total. The van der Waals surface area contributed by atoms with Crippen molar-refractivity contribution in [3.8, 4) is 17.2 Å². The number of halogens is 3. The minimum atomic E-state index is -4.44. The van der Waals surface area contributed by atoms with E-state index >= 15 is 0 Å². The Morgan fingerprint density at radius 1 is 1.03 bits per heavy atom. The van der Waals surface area contributed by atoms with Crippen LogP contribution in [0.5, 0.6) is 11.5 Å². The molecule has 0 unspecified atom stereocenters. The van der Waals surface area contributed by atoms with E-state index in [9.17, 15) is 18.0 Å². The molecule has 1 saturated heterocycles. The van der Waals surface area contributed by atoms with Crippen LogP contribution in [0.2, 0.25) is 0 Å². The van der Waals surface area contributed by atoms with Crippen LogP contribution in [0.25, 0.3) is 5.69 Å². The van der Waals surface area contributed by atoms with E-state index in [4.69, 9.17) is 9.47 Å². The Labute approximate surface area is 200 Å². The highest BCUT2D eigenvalue weighted by Crippen LogP contribution is 2.30. The average Bonchev–Trinajstić information content (AvgIpc) is 3.36. The van der Waals surface area contributed by atoms with Crippen molar-refractivity contribution in [1.29, 1.82) is 0 Å². The van der Waals surface area contributed by atoms with Crippen LogP contribution in [-0.2, 0) is 11.2 Å². The number of rotatable bonds is 8. The maximum absolute atomic E-state index is 12.8. The van der Waals surface area contributed by atoms with E-state index in [0.717, 1.165) is 11.3 Å². The lowest BCUT2D eigenvalue weighted by Crippen LogP contribution is -2.49. The number of aryl methyl sites for hydroxylation is 1. The van der Waals surface area contributed by atoms with Crippen LogP contribution in [0.3, 0.4) is 0 Å². The zero-order valence-corrected chi connectivity index (χ0v) is 19.1. The van der Waals surface area contributed by atoms with Gasteiger partial charge in [0, 0.05) is 32.6 Å². The third-order valence-corrected chi connectivity index (χ3v) is 5.62. The smallest absolute Gasteiger partial charge is 0.422 e. The van der Waals surface area contributed by atoms with Gasteiger partial charge in [-0.25, -0.2) is 0 Å². The molecule has 0 bridgehead atoms. The van der Waals surface area contributed by atoms with E-state index in [1.54, 1.807) is 21.7 Å². The standard InChI is InChI=1S/C23H25F3N6O3/c1-34-20-15-17(7-9-19(20)35-16-23(24,25)26)8-10-21(33)30-11-13-31(14-12-30)22-27-28-29-32(22)18-5-3-2-4-6-18/h2-7,9,15H,8,10-14,16H2,1H3. The number of methoxy groups -OCH3 is 1. The first-order valence-electron chi connectivity index (χ1n) is 11.1. The number of carbonyl (C=O) groups excluding carboxylic acids is 1. The summed E-state index contributed by atoms with van der Waals surface area (Å²) < 4.78 is 48.9. The monoisotopic (exact) mass is 490 g/mol. The Kier molecular flexibility index (Phi) is 7.37. The van der Waals surface area contributed by atoms with E-state index in [-0.39, 0.29) is 23.8 Å². The molecular weight excluding hydrogens is 465 g/mol. The third kappa shape index (κ3) is 6.19. The van der Waals surface area contributed by atoms with Crippen molar-refractivity contribution in [2.75, 3.05) is 44.8 Å². The van der Waals surface area contributed by atoms with Crippen molar-refractivity contribution in [2.24, 2.45) is 0 Å². The van der Waals surface area contributed by atoms with Gasteiger partial charge in [0.05, 0.1) is 12.8 Å². The number of tetrazole rings is 1. The molecule has 0 saturated carbocycles. The number of benzene rings is 2. The first-order chi connectivity index (χ1) is 16.8. The summed E-state index contributed by atoms with van der Waals surface area (Å²) >= 11 is 0. The first-order valence-corrected chi connectivity index (χ1v) is 11.1. The Hall–Kier alpha value is -3.83. The molecule has 35 heavy (non-hydrogen) atoms. The van der Waals surface area contributed by atoms with Gasteiger partial charge in [-0.1, -0.05) is 29.4 Å². The number of piperazine rings is 1. The van der Waals surface area contributed by atoms with E-state index in [2.05, 4.69) is 15.5 Å². The normalized spacial score (nSPS) is 14.2. The van der Waals surface area contributed by atoms with Crippen LogP contribution >= 0.6 is 0 Å². The summed E-state index contributed by atoms with van der Waals surface area (Å²) in [4.78, 5) is 16.6. The zero-order valence-electron chi connectivity index (χ0n) is 19.1. The van der Waals surface area contributed by atoms with Gasteiger partial charge in [0.2, 0.25) is 11.9 Å². The summed E-state index contributed by atoms with van der Waals surface area (Å²) in [6, 6.07) is 14.3. The van der Waals surface area contributed by atoms with Gasteiger partial charge in [-0.2, -0.15) is 17.9 Å². The van der Waals surface area contributed by atoms with E-state index in [0.29, 0.717) is 38.5 Å². The number of carbonyl (C=O) groups is 1. The molecule has 2 aromatic carbocycles. The molecule has 1 amide bonds. The summed E-state index contributed by atoms with van der Waals surface area (Å²) in [5.41, 5.74) is 1.63. The Morgan fingerprint density at radius 3 is 2.46 bits per heavy atom. The predicted octanol–water partition coefficient (Wildman–Crippen LogP) is 2.89. The van der Waals surface area contributed by atoms with Crippen molar-refractivity contribution >= 4 is 11.9 Å². The molecule has 0 radical (unpaired) electrons. The fourth-order valence-electron chi connectivity index (χ4n) is 3.83. The maximum atomic E-state index is 12.8. The van der Waals surface area contributed by atoms with Crippen LogP contribution in [0.15, 0.2) is 48.5 Å². The minimum Gasteiger partial charge on any atom is -0.493 e. The number of hydrogen-bond donors (Lipinski definition) is 0. The Morgan fingerprint density at radius 2 is 1.77 bits per heavy atom. The quantitative estimate of drug-likeness (QED) is 0.480. The molecule has 0 spiro atoms. The lowest BCUT2D eigenvalue weighted by atomic mass is 10.1. The van der Waals surface area contributed by atoms with Gasteiger partial charge in [0.15, 0.2) is 18.1 Å². The van der Waals surface area contributed by atoms with Gasteiger partial charge in [0.25, 0.3) is 0 Å². The largest absolute Gasteiger partial charge is 0.493 e. The molecule has 0 aliphatic carbocycles. The lowest BCUT2D eigenvalue weighted by molar-refractivity contribution is -0.153. The molecule has 4 rings (SSSR count). The van der Waals surface area contributed by atoms with Crippen molar-refractivity contribution in [1.82, 2.24) is 25.1 Å². The minimum absolute atomic E-state index is 0.00339. The fraction of sp³-hybridized carbons (Fsp3) is 0.391. The molecule has 1 aliphatic heterocycles. The van der Waals surface area contributed by atoms with Crippen molar-refractivity contribution in [3.63, 3.8) is 0 Å². The van der Waals surface area contributed by atoms with Gasteiger partial charge in [-0.15, -0.1) is 0 Å². The van der Waals surface area contributed by atoms with Gasteiger partial charge >= 0.3 is 6.18 Å². The van der Waals surface area contributed by atoms with Gasteiger partial charge in [0.1, 0.15) is 0 Å². The van der Waals surface area contributed by atoms with Crippen molar-refractivity contribution in [3.05, 3.63) is 54.1 Å². The van der Waals surface area contributed by atoms with Crippen LogP contribution < -0.4 is 14.4 Å². The molecule has 0 atom stereocenters. The molecule has 1 aromatic heterocycles. The van der Waals surface area contributed by atoms with Gasteiger partial charge in [-0.3, -0.25) is 4.79 Å². The Balaban J connectivity index is 1.30. The van der Waals surface area contributed by atoms with E-state index in [1.165, 1.54) is 13.2 Å². The number of aromatic nitrogens is 4. The summed E-state index contributed by atoms with van der Waals surface area (Å²) in [7, 11) is 1.36. The maximum Gasteiger partial charge on any atom is 0.422 e. The number of anilines is 1. The summed E-state index contributed by atoms with van der Waals surface area (Å²) in [5, 5.41) is 12.0. The number of ether oxygens (including phenoxy) is 2. The fourth-order valence-corrected chi connectivity index (χ4v) is 3.83. The highest BCUT2D eigenvalue weighted by Gasteiger charge is 2.29. The number of alkyl halides is 3. The molecule has 12 heteroatoms. The van der Waals surface area contributed by atoms with Gasteiger partial charge in [-0.05, 0) is 46.7 Å². The summed E-state index contributed by atoms with van der Waals surface area (Å²) in [5.74, 6) is 0.838. The molecule has 3 aromatic rings. The molecule has 1 aliphatic rings. The molecule has 1 fully saturated rings. The second-order valence-electron chi connectivity index (χ2n) is 7.98. The average molecular weight is 490 g/mol. The molecule has 9 nitrogen and oxygen atoms in total. The number of para-hydroxylation sites is 1. The summed E-state index contributed by atoms with van der Waals surface area (Å²) in [6.45, 7) is 0.864. The van der Waals surface area contributed by atoms with Crippen LogP contribution in [0, 0.1) is 0 Å². The third-order valence-electron chi connectivity index (χ3n) is 5.62. The highest BCUT2D eigenvalue weighted by atomic mass is 19.4. The SMILES string of the molecule is COc1cc(CCC(=O)N2CCN(c3nnnn3-c3ccccc3)CC2)ccc1OCC(F)(F)F. The Bertz CT molecular complexity index is 1130. The van der Waals surface area contributed by atoms with Crippen molar-refractivity contribution < 1.29 is 27.4 Å². The number of nitrogens with zero attached hydrogens (tertiary/aromatic N) is 6. The van der Waals surface area contributed by atoms with Crippen LogP contribution in [0.1, 0.15) is 12.0 Å².